The molecule has 0 amide bonds. The van der Waals surface area contributed by atoms with Crippen LogP contribution < -0.4 is 11.5 Å². The summed E-state index contributed by atoms with van der Waals surface area (Å²) >= 11 is 0. The van der Waals surface area contributed by atoms with Gasteiger partial charge in [0.05, 0.1) is 31.0 Å². The third kappa shape index (κ3) is 1.59. The highest BCUT2D eigenvalue weighted by Gasteiger charge is 2.45. The molecular formula is C9H18N2O2. The second kappa shape index (κ2) is 3.20. The highest BCUT2D eigenvalue weighted by molar-refractivity contribution is 5.00. The fraction of sp³-hybridized carbons (Fsp3) is 1.00. The largest absolute Gasteiger partial charge is 0.377 e. The van der Waals surface area contributed by atoms with Crippen LogP contribution in [0.3, 0.4) is 0 Å². The molecule has 4 heteroatoms. The summed E-state index contributed by atoms with van der Waals surface area (Å²) in [5.41, 5.74) is 11.7. The lowest BCUT2D eigenvalue weighted by atomic mass is 9.85. The molecule has 13 heavy (non-hydrogen) atoms. The first-order chi connectivity index (χ1) is 6.12. The van der Waals surface area contributed by atoms with Gasteiger partial charge in [0, 0.05) is 6.04 Å². The van der Waals surface area contributed by atoms with Gasteiger partial charge in [0.15, 0.2) is 0 Å². The fourth-order valence-electron chi connectivity index (χ4n) is 1.95. The number of rotatable bonds is 1. The van der Waals surface area contributed by atoms with Gasteiger partial charge in [-0.3, -0.25) is 0 Å². The first kappa shape index (κ1) is 9.40. The van der Waals surface area contributed by atoms with E-state index in [-0.39, 0.29) is 23.8 Å². The first-order valence-corrected chi connectivity index (χ1v) is 4.89. The van der Waals surface area contributed by atoms with Crippen LogP contribution in [0.2, 0.25) is 0 Å². The van der Waals surface area contributed by atoms with Gasteiger partial charge in [-0.2, -0.15) is 0 Å². The van der Waals surface area contributed by atoms with E-state index in [1.165, 1.54) is 0 Å². The van der Waals surface area contributed by atoms with Crippen molar-refractivity contribution in [3.63, 3.8) is 0 Å². The Morgan fingerprint density at radius 3 is 2.46 bits per heavy atom. The van der Waals surface area contributed by atoms with Crippen LogP contribution in [0.15, 0.2) is 0 Å². The van der Waals surface area contributed by atoms with Gasteiger partial charge in [0.1, 0.15) is 0 Å². The normalized spacial score (nSPS) is 44.1. The molecule has 0 saturated carbocycles. The maximum absolute atomic E-state index is 6.09. The van der Waals surface area contributed by atoms with Gasteiger partial charge in [0.25, 0.3) is 0 Å². The molecule has 4 nitrogen and oxygen atoms in total. The lowest BCUT2D eigenvalue weighted by Gasteiger charge is -2.47. The smallest absolute Gasteiger partial charge is 0.0893 e. The Morgan fingerprint density at radius 1 is 1.31 bits per heavy atom. The molecule has 2 saturated heterocycles. The maximum Gasteiger partial charge on any atom is 0.0893 e. The molecular weight excluding hydrogens is 168 g/mol. The number of hydrogen-bond acceptors (Lipinski definition) is 4. The third-order valence-corrected chi connectivity index (χ3v) is 3.13. The Balaban J connectivity index is 1.94. The Labute approximate surface area is 78.6 Å². The Morgan fingerprint density at radius 2 is 2.00 bits per heavy atom. The van der Waals surface area contributed by atoms with Crippen molar-refractivity contribution in [1.82, 2.24) is 0 Å². The summed E-state index contributed by atoms with van der Waals surface area (Å²) in [7, 11) is 0. The number of hydrogen-bond donors (Lipinski definition) is 2. The molecule has 0 radical (unpaired) electrons. The van der Waals surface area contributed by atoms with Crippen LogP contribution in [0, 0.1) is 0 Å². The van der Waals surface area contributed by atoms with Crippen molar-refractivity contribution in [1.29, 1.82) is 0 Å². The molecule has 0 aromatic rings. The van der Waals surface area contributed by atoms with Crippen LogP contribution in [-0.4, -0.2) is 37.0 Å². The second-order valence-electron chi connectivity index (χ2n) is 4.30. The van der Waals surface area contributed by atoms with E-state index in [0.29, 0.717) is 13.2 Å². The van der Waals surface area contributed by atoms with Crippen molar-refractivity contribution >= 4 is 0 Å². The third-order valence-electron chi connectivity index (χ3n) is 3.13. The summed E-state index contributed by atoms with van der Waals surface area (Å²) in [5.74, 6) is 0. The van der Waals surface area contributed by atoms with Crippen molar-refractivity contribution in [2.45, 2.75) is 43.6 Å². The molecule has 76 valence electrons. The average Bonchev–Trinajstić information content (AvgIpc) is 2.06. The molecule has 2 unspecified atom stereocenters. The molecule has 2 aliphatic heterocycles. The van der Waals surface area contributed by atoms with Gasteiger partial charge in [0.2, 0.25) is 0 Å². The van der Waals surface area contributed by atoms with E-state index in [4.69, 9.17) is 20.9 Å². The average molecular weight is 186 g/mol. The summed E-state index contributed by atoms with van der Waals surface area (Å²) in [6.45, 7) is 3.26. The summed E-state index contributed by atoms with van der Waals surface area (Å²) < 4.78 is 10.9. The van der Waals surface area contributed by atoms with Crippen molar-refractivity contribution in [3.05, 3.63) is 0 Å². The van der Waals surface area contributed by atoms with Crippen LogP contribution in [0.25, 0.3) is 0 Å². The Bertz CT molecular complexity index is 194. The van der Waals surface area contributed by atoms with Gasteiger partial charge in [-0.25, -0.2) is 0 Å². The van der Waals surface area contributed by atoms with Crippen molar-refractivity contribution in [2.75, 3.05) is 13.2 Å². The van der Waals surface area contributed by atoms with Crippen LogP contribution in [0.1, 0.15) is 19.8 Å². The van der Waals surface area contributed by atoms with Gasteiger partial charge >= 0.3 is 0 Å². The van der Waals surface area contributed by atoms with E-state index in [1.54, 1.807) is 0 Å². The Hall–Kier alpha value is -0.160. The highest BCUT2D eigenvalue weighted by atomic mass is 16.5. The van der Waals surface area contributed by atoms with E-state index in [2.05, 4.69) is 0 Å². The molecule has 4 N–H and O–H groups in total. The monoisotopic (exact) mass is 186 g/mol. The second-order valence-corrected chi connectivity index (χ2v) is 4.30. The molecule has 2 heterocycles. The van der Waals surface area contributed by atoms with E-state index < -0.39 is 0 Å². The molecule has 0 aliphatic carbocycles. The molecule has 0 spiro atoms. The highest BCUT2D eigenvalue weighted by Crippen LogP contribution is 2.29. The van der Waals surface area contributed by atoms with Gasteiger partial charge in [-0.05, 0) is 19.8 Å². The van der Waals surface area contributed by atoms with Crippen molar-refractivity contribution < 1.29 is 9.47 Å². The van der Waals surface area contributed by atoms with E-state index in [1.807, 2.05) is 6.92 Å². The standard InChI is InChI=1S/C9H18N2O2/c1-6-7(10)2-3-8(13-6)9(11)4-12-5-9/h6-8H,2-5,10-11H2,1H3/t6-,7?,8?/m1/s1. The molecule has 2 aliphatic rings. The zero-order valence-electron chi connectivity index (χ0n) is 8.03. The topological polar surface area (TPSA) is 70.5 Å². The van der Waals surface area contributed by atoms with Crippen LogP contribution in [0.4, 0.5) is 0 Å². The Kier molecular flexibility index (Phi) is 2.32. The van der Waals surface area contributed by atoms with Gasteiger partial charge in [-0.1, -0.05) is 0 Å². The van der Waals surface area contributed by atoms with E-state index in [9.17, 15) is 0 Å². The van der Waals surface area contributed by atoms with Crippen LogP contribution >= 0.6 is 0 Å². The summed E-state index contributed by atoms with van der Waals surface area (Å²) in [6, 6.07) is 0.167. The molecule has 0 aromatic heterocycles. The SMILES string of the molecule is C[C@H]1OC(C2(N)COC2)CCC1N. The van der Waals surface area contributed by atoms with Gasteiger partial charge in [-0.15, -0.1) is 0 Å². The molecule has 2 rings (SSSR count). The lowest BCUT2D eigenvalue weighted by molar-refractivity contribution is -0.166. The number of nitrogens with two attached hydrogens (primary N) is 2. The van der Waals surface area contributed by atoms with E-state index >= 15 is 0 Å². The minimum Gasteiger partial charge on any atom is -0.377 e. The predicted octanol–water partition coefficient (Wildman–Crippen LogP) is -0.391. The molecule has 0 aromatic carbocycles. The molecule has 0 bridgehead atoms. The zero-order chi connectivity index (χ0) is 9.47. The maximum atomic E-state index is 6.09. The van der Waals surface area contributed by atoms with Crippen molar-refractivity contribution in [3.8, 4) is 0 Å². The lowest BCUT2D eigenvalue weighted by Crippen LogP contribution is -2.67. The predicted molar refractivity (Wildman–Crippen MR) is 49.3 cm³/mol. The van der Waals surface area contributed by atoms with Crippen molar-refractivity contribution in [2.24, 2.45) is 11.5 Å². The fourth-order valence-corrected chi connectivity index (χ4v) is 1.95. The first-order valence-electron chi connectivity index (χ1n) is 4.89. The van der Waals surface area contributed by atoms with E-state index in [0.717, 1.165) is 12.8 Å². The zero-order valence-corrected chi connectivity index (χ0v) is 8.03. The minimum atomic E-state index is -0.242. The van der Waals surface area contributed by atoms with Gasteiger partial charge < -0.3 is 20.9 Å². The molecule has 3 atom stereocenters. The quantitative estimate of drug-likeness (QED) is 0.585. The van der Waals surface area contributed by atoms with Crippen LogP contribution in [-0.2, 0) is 9.47 Å². The summed E-state index contributed by atoms with van der Waals surface area (Å²) in [6.07, 6.45) is 2.23. The number of ether oxygens (including phenoxy) is 2. The molecule has 2 fully saturated rings. The minimum absolute atomic E-state index is 0.125. The summed E-state index contributed by atoms with van der Waals surface area (Å²) in [4.78, 5) is 0. The van der Waals surface area contributed by atoms with Crippen LogP contribution in [0.5, 0.6) is 0 Å². The summed E-state index contributed by atoms with van der Waals surface area (Å²) in [5, 5.41) is 0.